The molecule has 3 aliphatic rings. The Morgan fingerprint density at radius 2 is 1.78 bits per heavy atom. The number of nitrogens with one attached hydrogen (secondary N) is 1. The number of piperazine rings is 1. The van der Waals surface area contributed by atoms with Crippen LogP contribution in [-0.4, -0.2) is 87.8 Å². The van der Waals surface area contributed by atoms with Crippen LogP contribution in [0.5, 0.6) is 17.2 Å². The summed E-state index contributed by atoms with van der Waals surface area (Å²) in [6, 6.07) is 15.8. The number of nitrogens with zero attached hydrogens (tertiary/aromatic N) is 4. The Morgan fingerprint density at radius 1 is 1.02 bits per heavy atom. The van der Waals surface area contributed by atoms with E-state index < -0.39 is 18.2 Å². The zero-order valence-electron chi connectivity index (χ0n) is 24.9. The molecule has 11 nitrogen and oxygen atoms in total. The van der Waals surface area contributed by atoms with Crippen molar-refractivity contribution in [1.29, 1.82) is 0 Å². The van der Waals surface area contributed by atoms with Crippen molar-refractivity contribution in [1.82, 2.24) is 25.1 Å². The lowest BCUT2D eigenvalue weighted by Gasteiger charge is -2.55. The van der Waals surface area contributed by atoms with E-state index in [1.807, 2.05) is 18.2 Å². The SMILES string of the molecule is C=CCN1CC(=O)N2[C@@H](Cc3ccc(O)cc3)C(=O)N(Cc3cccc4c3OCCO4)C[C@@H]2N1C(=O)NCc1ccc(Cl)c(Cl)c1. The Morgan fingerprint density at radius 3 is 2.54 bits per heavy atom. The van der Waals surface area contributed by atoms with Gasteiger partial charge in [-0.1, -0.05) is 59.6 Å². The summed E-state index contributed by atoms with van der Waals surface area (Å²) < 4.78 is 11.7. The van der Waals surface area contributed by atoms with E-state index in [0.717, 1.165) is 16.7 Å². The first-order valence-corrected chi connectivity index (χ1v) is 15.6. The molecule has 3 aromatic rings. The van der Waals surface area contributed by atoms with Gasteiger partial charge in [-0.2, -0.15) is 0 Å². The van der Waals surface area contributed by atoms with Gasteiger partial charge in [0.05, 0.1) is 23.1 Å². The van der Waals surface area contributed by atoms with Gasteiger partial charge in [0, 0.05) is 31.6 Å². The number of hydrogen-bond acceptors (Lipinski definition) is 7. The van der Waals surface area contributed by atoms with E-state index in [0.29, 0.717) is 34.8 Å². The second-order valence-electron chi connectivity index (χ2n) is 11.2. The van der Waals surface area contributed by atoms with E-state index in [1.54, 1.807) is 46.3 Å². The van der Waals surface area contributed by atoms with E-state index in [1.165, 1.54) is 22.0 Å². The van der Waals surface area contributed by atoms with Crippen molar-refractivity contribution in [2.75, 3.05) is 32.8 Å². The second kappa shape index (κ2) is 13.5. The van der Waals surface area contributed by atoms with Crippen molar-refractivity contribution in [3.63, 3.8) is 0 Å². The van der Waals surface area contributed by atoms with Crippen molar-refractivity contribution in [2.24, 2.45) is 0 Å². The van der Waals surface area contributed by atoms with Crippen LogP contribution in [0.1, 0.15) is 16.7 Å². The van der Waals surface area contributed by atoms with Gasteiger partial charge in [0.25, 0.3) is 0 Å². The minimum Gasteiger partial charge on any atom is -0.508 e. The number of carbonyl (C=O) groups excluding carboxylic acids is 3. The number of benzene rings is 3. The van der Waals surface area contributed by atoms with Crippen LogP contribution < -0.4 is 14.8 Å². The molecule has 4 amide bonds. The second-order valence-corrected chi connectivity index (χ2v) is 12.0. The fourth-order valence-electron chi connectivity index (χ4n) is 6.07. The van der Waals surface area contributed by atoms with E-state index >= 15 is 0 Å². The lowest BCUT2D eigenvalue weighted by Crippen LogP contribution is -2.76. The maximum absolute atomic E-state index is 14.3. The summed E-state index contributed by atoms with van der Waals surface area (Å²) in [7, 11) is 0. The number of carbonyl (C=O) groups is 3. The summed E-state index contributed by atoms with van der Waals surface area (Å²) in [5.74, 6) is 0.714. The maximum Gasteiger partial charge on any atom is 0.334 e. The Balaban J connectivity index is 1.34. The number of halogens is 2. The lowest BCUT2D eigenvalue weighted by molar-refractivity contribution is -0.189. The van der Waals surface area contributed by atoms with Crippen molar-refractivity contribution in [2.45, 2.75) is 31.7 Å². The van der Waals surface area contributed by atoms with Gasteiger partial charge in [-0.05, 0) is 41.5 Å². The van der Waals surface area contributed by atoms with Gasteiger partial charge in [0.1, 0.15) is 31.2 Å². The van der Waals surface area contributed by atoms with Crippen LogP contribution in [0.4, 0.5) is 4.79 Å². The number of urea groups is 1. The van der Waals surface area contributed by atoms with Gasteiger partial charge in [0.2, 0.25) is 11.8 Å². The molecule has 13 heteroatoms. The molecule has 46 heavy (non-hydrogen) atoms. The first-order valence-electron chi connectivity index (χ1n) is 14.9. The predicted molar refractivity (Wildman–Crippen MR) is 171 cm³/mol. The zero-order chi connectivity index (χ0) is 32.4. The zero-order valence-corrected chi connectivity index (χ0v) is 26.4. The number of amides is 4. The third kappa shape index (κ3) is 6.44. The minimum absolute atomic E-state index is 0.0506. The molecule has 3 aliphatic heterocycles. The number of fused-ring (bicyclic) bond motifs is 2. The Kier molecular flexibility index (Phi) is 9.25. The quantitative estimate of drug-likeness (QED) is 0.347. The maximum atomic E-state index is 14.3. The van der Waals surface area contributed by atoms with Gasteiger partial charge in [-0.15, -0.1) is 6.58 Å². The molecule has 2 atom stereocenters. The first kappa shape index (κ1) is 31.5. The summed E-state index contributed by atoms with van der Waals surface area (Å²) in [5, 5.41) is 16.7. The molecule has 2 saturated heterocycles. The Labute approximate surface area is 276 Å². The third-order valence-corrected chi connectivity index (χ3v) is 8.92. The first-order chi connectivity index (χ1) is 22.2. The number of phenols is 1. The highest BCUT2D eigenvalue weighted by Crippen LogP contribution is 2.36. The van der Waals surface area contributed by atoms with E-state index in [9.17, 15) is 19.5 Å². The van der Waals surface area contributed by atoms with Crippen molar-refractivity contribution in [3.05, 3.63) is 100 Å². The van der Waals surface area contributed by atoms with Crippen LogP contribution in [0.3, 0.4) is 0 Å². The molecule has 0 aromatic heterocycles. The van der Waals surface area contributed by atoms with Crippen LogP contribution in [0.2, 0.25) is 10.0 Å². The van der Waals surface area contributed by atoms with Crippen LogP contribution in [0.15, 0.2) is 73.3 Å². The van der Waals surface area contributed by atoms with Crippen LogP contribution in [0.25, 0.3) is 0 Å². The molecule has 0 saturated carbocycles. The normalized spacial score (nSPS) is 19.6. The van der Waals surface area contributed by atoms with E-state index in [-0.39, 0.29) is 56.7 Å². The van der Waals surface area contributed by atoms with Gasteiger partial charge in [0.15, 0.2) is 11.5 Å². The highest BCUT2D eigenvalue weighted by Gasteiger charge is 2.51. The van der Waals surface area contributed by atoms with E-state index in [2.05, 4.69) is 11.9 Å². The smallest absolute Gasteiger partial charge is 0.334 e. The van der Waals surface area contributed by atoms with Crippen molar-refractivity contribution >= 4 is 41.0 Å². The minimum atomic E-state index is -0.913. The van der Waals surface area contributed by atoms with Gasteiger partial charge in [-0.25, -0.2) is 14.8 Å². The summed E-state index contributed by atoms with van der Waals surface area (Å²) in [6.07, 6.45) is 0.978. The van der Waals surface area contributed by atoms with Crippen LogP contribution >= 0.6 is 23.2 Å². The highest BCUT2D eigenvalue weighted by atomic mass is 35.5. The molecule has 240 valence electrons. The highest BCUT2D eigenvalue weighted by molar-refractivity contribution is 6.42. The molecule has 2 fully saturated rings. The fourth-order valence-corrected chi connectivity index (χ4v) is 6.39. The van der Waals surface area contributed by atoms with Gasteiger partial charge < -0.3 is 29.7 Å². The standard InChI is InChI=1S/C33H33Cl2N5O6/c1-2-12-38-20-30(42)39-27(16-21-6-9-24(41)10-7-21)32(43)37(18-23-4-3-5-28-31(23)46-14-13-45-28)19-29(39)40(38)33(44)36-17-22-8-11-25(34)26(35)15-22/h2-11,15,27,29,41H,1,12-14,16-20H2,(H,36,44)/t27-,29-/m0/s1. The number of rotatable bonds is 8. The molecule has 0 bridgehead atoms. The molecular formula is C33H33Cl2N5O6. The van der Waals surface area contributed by atoms with Crippen molar-refractivity contribution < 1.29 is 29.0 Å². The average Bonchev–Trinajstić information content (AvgIpc) is 3.04. The van der Waals surface area contributed by atoms with Crippen LogP contribution in [-0.2, 0) is 29.1 Å². The molecular weight excluding hydrogens is 633 g/mol. The third-order valence-electron chi connectivity index (χ3n) is 8.18. The molecule has 0 unspecified atom stereocenters. The summed E-state index contributed by atoms with van der Waals surface area (Å²) >= 11 is 12.3. The number of ether oxygens (including phenoxy) is 2. The van der Waals surface area contributed by atoms with Crippen LogP contribution in [0, 0.1) is 0 Å². The monoisotopic (exact) mass is 665 g/mol. The number of hydrogen-bond donors (Lipinski definition) is 2. The van der Waals surface area contributed by atoms with Gasteiger partial charge >= 0.3 is 6.03 Å². The van der Waals surface area contributed by atoms with Crippen molar-refractivity contribution in [3.8, 4) is 17.2 Å². The largest absolute Gasteiger partial charge is 0.508 e. The summed E-state index contributed by atoms with van der Waals surface area (Å²) in [5.41, 5.74) is 2.25. The summed E-state index contributed by atoms with van der Waals surface area (Å²) in [6.45, 7) is 5.12. The molecule has 3 aromatic carbocycles. The molecule has 0 radical (unpaired) electrons. The number of hydrazine groups is 1. The molecule has 6 rings (SSSR count). The fraction of sp³-hybridized carbons (Fsp3) is 0.303. The number of phenolic OH excluding ortho intramolecular Hbond substituents is 1. The van der Waals surface area contributed by atoms with E-state index in [4.69, 9.17) is 32.7 Å². The number of para-hydroxylation sites is 1. The number of aromatic hydroxyl groups is 1. The predicted octanol–water partition coefficient (Wildman–Crippen LogP) is 4.21. The average molecular weight is 667 g/mol. The molecule has 2 N–H and O–H groups in total. The topological polar surface area (TPSA) is 115 Å². The Bertz CT molecular complexity index is 1650. The molecule has 0 spiro atoms. The molecule has 0 aliphatic carbocycles. The lowest BCUT2D eigenvalue weighted by atomic mass is 9.98. The van der Waals surface area contributed by atoms with Gasteiger partial charge in [-0.3, -0.25) is 9.59 Å². The summed E-state index contributed by atoms with van der Waals surface area (Å²) in [4.78, 5) is 45.2. The Hall–Kier alpha value is -4.45. The molecule has 3 heterocycles.